The number of hydrogen-bond donors (Lipinski definition) is 2. The molecule has 2 fully saturated rings. The summed E-state index contributed by atoms with van der Waals surface area (Å²) in [6, 6.07) is 0.441. The fraction of sp³-hybridized carbons (Fsp3) is 0.923. The molecule has 5 nitrogen and oxygen atoms in total. The van der Waals surface area contributed by atoms with Crippen LogP contribution < -0.4 is 0 Å². The summed E-state index contributed by atoms with van der Waals surface area (Å²) in [4.78, 5) is 13.2. The molecule has 2 heterocycles. The number of carbonyl (C=O) groups is 1. The van der Waals surface area contributed by atoms with Crippen LogP contribution in [0.2, 0.25) is 0 Å². The lowest BCUT2D eigenvalue weighted by Gasteiger charge is -2.36. The Kier molecular flexibility index (Phi) is 4.97. The van der Waals surface area contributed by atoms with Crippen LogP contribution in [0.15, 0.2) is 0 Å². The summed E-state index contributed by atoms with van der Waals surface area (Å²) in [5.41, 5.74) is 0. The molecule has 0 aromatic carbocycles. The van der Waals surface area contributed by atoms with Gasteiger partial charge >= 0.3 is 5.97 Å². The van der Waals surface area contributed by atoms with Gasteiger partial charge in [0.15, 0.2) is 6.10 Å². The Morgan fingerprint density at radius 3 is 2.78 bits per heavy atom. The zero-order chi connectivity index (χ0) is 13.0. The van der Waals surface area contributed by atoms with E-state index in [4.69, 9.17) is 14.9 Å². The van der Waals surface area contributed by atoms with Crippen molar-refractivity contribution in [3.05, 3.63) is 0 Å². The number of aliphatic hydroxyl groups is 1. The summed E-state index contributed by atoms with van der Waals surface area (Å²) in [6.45, 7) is 2.08. The maximum absolute atomic E-state index is 10.8. The Hall–Kier alpha value is -0.650. The number of ether oxygens (including phenoxy) is 1. The van der Waals surface area contributed by atoms with Crippen LogP contribution in [0, 0.1) is 0 Å². The SMILES string of the molecule is O=C(O)C1CCC(CN2CCCCC2CCO)O1. The number of rotatable bonds is 5. The van der Waals surface area contributed by atoms with Crippen molar-refractivity contribution in [2.75, 3.05) is 19.7 Å². The third kappa shape index (κ3) is 3.43. The van der Waals surface area contributed by atoms with Gasteiger partial charge in [0.1, 0.15) is 0 Å². The van der Waals surface area contributed by atoms with Gasteiger partial charge in [-0.25, -0.2) is 4.79 Å². The molecule has 104 valence electrons. The van der Waals surface area contributed by atoms with Crippen molar-refractivity contribution in [2.45, 2.75) is 56.8 Å². The average Bonchev–Trinajstić information content (AvgIpc) is 2.81. The van der Waals surface area contributed by atoms with Gasteiger partial charge in [-0.05, 0) is 38.6 Å². The Morgan fingerprint density at radius 2 is 2.11 bits per heavy atom. The predicted octanol–water partition coefficient (Wildman–Crippen LogP) is 0.855. The van der Waals surface area contributed by atoms with E-state index in [0.29, 0.717) is 12.5 Å². The number of aliphatic carboxylic acids is 1. The molecule has 3 atom stereocenters. The number of carboxylic acids is 1. The molecule has 2 rings (SSSR count). The Balaban J connectivity index is 1.82. The zero-order valence-corrected chi connectivity index (χ0v) is 10.8. The number of aliphatic hydroxyl groups excluding tert-OH is 1. The van der Waals surface area contributed by atoms with Gasteiger partial charge in [0, 0.05) is 19.2 Å². The molecule has 3 unspecified atom stereocenters. The van der Waals surface area contributed by atoms with Gasteiger partial charge in [-0.15, -0.1) is 0 Å². The molecular weight excluding hydrogens is 234 g/mol. The van der Waals surface area contributed by atoms with Crippen molar-refractivity contribution in [1.82, 2.24) is 4.90 Å². The van der Waals surface area contributed by atoms with Crippen molar-refractivity contribution >= 4 is 5.97 Å². The van der Waals surface area contributed by atoms with E-state index >= 15 is 0 Å². The molecule has 0 aromatic heterocycles. The monoisotopic (exact) mass is 257 g/mol. The van der Waals surface area contributed by atoms with E-state index in [1.165, 1.54) is 12.8 Å². The quantitative estimate of drug-likeness (QED) is 0.764. The van der Waals surface area contributed by atoms with Crippen LogP contribution in [0.1, 0.15) is 38.5 Å². The molecule has 0 bridgehead atoms. The number of likely N-dealkylation sites (tertiary alicyclic amines) is 1. The molecule has 0 amide bonds. The summed E-state index contributed by atoms with van der Waals surface area (Å²) >= 11 is 0. The fourth-order valence-corrected chi connectivity index (χ4v) is 3.06. The van der Waals surface area contributed by atoms with Crippen molar-refractivity contribution < 1.29 is 19.7 Å². The second-order valence-electron chi connectivity index (χ2n) is 5.32. The number of hydrogen-bond acceptors (Lipinski definition) is 4. The van der Waals surface area contributed by atoms with Gasteiger partial charge in [0.25, 0.3) is 0 Å². The molecule has 0 aromatic rings. The van der Waals surface area contributed by atoms with E-state index in [-0.39, 0.29) is 12.7 Å². The van der Waals surface area contributed by atoms with Gasteiger partial charge in [-0.1, -0.05) is 6.42 Å². The molecule has 2 saturated heterocycles. The summed E-state index contributed by atoms with van der Waals surface area (Å²) in [5, 5.41) is 18.0. The molecule has 0 saturated carbocycles. The van der Waals surface area contributed by atoms with E-state index in [1.807, 2.05) is 0 Å². The lowest BCUT2D eigenvalue weighted by atomic mass is 9.99. The predicted molar refractivity (Wildman–Crippen MR) is 66.4 cm³/mol. The van der Waals surface area contributed by atoms with Crippen molar-refractivity contribution in [2.24, 2.45) is 0 Å². The van der Waals surface area contributed by atoms with Crippen LogP contribution in [0.5, 0.6) is 0 Å². The van der Waals surface area contributed by atoms with Crippen molar-refractivity contribution in [3.63, 3.8) is 0 Å². The molecule has 5 heteroatoms. The average molecular weight is 257 g/mol. The van der Waals surface area contributed by atoms with E-state index in [9.17, 15) is 4.79 Å². The summed E-state index contributed by atoms with van der Waals surface area (Å²) < 4.78 is 5.55. The maximum atomic E-state index is 10.8. The van der Waals surface area contributed by atoms with Crippen LogP contribution in [0.3, 0.4) is 0 Å². The lowest BCUT2D eigenvalue weighted by Crippen LogP contribution is -2.44. The highest BCUT2D eigenvalue weighted by molar-refractivity contribution is 5.72. The van der Waals surface area contributed by atoms with Crippen LogP contribution in [-0.4, -0.2) is 59.0 Å². The molecular formula is C13H23NO4. The molecule has 2 aliphatic rings. The summed E-state index contributed by atoms with van der Waals surface area (Å²) in [5.74, 6) is -0.844. The first kappa shape index (κ1) is 13.8. The largest absolute Gasteiger partial charge is 0.479 e. The molecule has 18 heavy (non-hydrogen) atoms. The highest BCUT2D eigenvalue weighted by Crippen LogP contribution is 2.25. The molecule has 0 radical (unpaired) electrons. The Morgan fingerprint density at radius 1 is 1.28 bits per heavy atom. The molecule has 2 aliphatic heterocycles. The minimum atomic E-state index is -0.844. The third-order valence-corrected chi connectivity index (χ3v) is 4.03. The van der Waals surface area contributed by atoms with E-state index < -0.39 is 12.1 Å². The van der Waals surface area contributed by atoms with Crippen LogP contribution >= 0.6 is 0 Å². The number of carboxylic acid groups (broad SMARTS) is 1. The van der Waals surface area contributed by atoms with E-state index in [1.54, 1.807) is 0 Å². The van der Waals surface area contributed by atoms with E-state index in [2.05, 4.69) is 4.90 Å². The van der Waals surface area contributed by atoms with Crippen LogP contribution in [0.4, 0.5) is 0 Å². The second kappa shape index (κ2) is 6.50. The van der Waals surface area contributed by atoms with Crippen molar-refractivity contribution in [1.29, 1.82) is 0 Å². The minimum absolute atomic E-state index is 0.0467. The third-order valence-electron chi connectivity index (χ3n) is 4.03. The van der Waals surface area contributed by atoms with Crippen molar-refractivity contribution in [3.8, 4) is 0 Å². The Bertz CT molecular complexity index is 282. The first-order chi connectivity index (χ1) is 8.70. The highest BCUT2D eigenvalue weighted by Gasteiger charge is 2.33. The first-order valence-corrected chi connectivity index (χ1v) is 6.94. The standard InChI is InChI=1S/C13H23NO4/c15-8-6-10-3-1-2-7-14(10)9-11-4-5-12(18-11)13(16)17/h10-12,15H,1-9H2,(H,16,17). The topological polar surface area (TPSA) is 70.0 Å². The van der Waals surface area contributed by atoms with Gasteiger partial charge in [-0.3, -0.25) is 4.90 Å². The maximum Gasteiger partial charge on any atom is 0.332 e. The summed E-state index contributed by atoms with van der Waals surface area (Å²) in [6.07, 6.45) is 5.26. The van der Waals surface area contributed by atoms with Gasteiger partial charge in [-0.2, -0.15) is 0 Å². The highest BCUT2D eigenvalue weighted by atomic mass is 16.5. The smallest absolute Gasteiger partial charge is 0.332 e. The van der Waals surface area contributed by atoms with Gasteiger partial charge < -0.3 is 14.9 Å². The minimum Gasteiger partial charge on any atom is -0.479 e. The van der Waals surface area contributed by atoms with Gasteiger partial charge in [0.2, 0.25) is 0 Å². The first-order valence-electron chi connectivity index (χ1n) is 6.94. The molecule has 2 N–H and O–H groups in total. The number of piperidine rings is 1. The normalized spacial score (nSPS) is 33.7. The lowest BCUT2D eigenvalue weighted by molar-refractivity contribution is -0.149. The fourth-order valence-electron chi connectivity index (χ4n) is 3.06. The van der Waals surface area contributed by atoms with E-state index in [0.717, 1.165) is 32.4 Å². The molecule has 0 aliphatic carbocycles. The molecule has 0 spiro atoms. The van der Waals surface area contributed by atoms with Crippen LogP contribution in [0.25, 0.3) is 0 Å². The second-order valence-corrected chi connectivity index (χ2v) is 5.32. The van der Waals surface area contributed by atoms with Gasteiger partial charge in [0.05, 0.1) is 6.10 Å². The number of nitrogens with zero attached hydrogens (tertiary/aromatic N) is 1. The Labute approximate surface area is 108 Å². The van der Waals surface area contributed by atoms with Crippen LogP contribution in [-0.2, 0) is 9.53 Å². The summed E-state index contributed by atoms with van der Waals surface area (Å²) in [7, 11) is 0. The zero-order valence-electron chi connectivity index (χ0n) is 10.8.